The molecule has 0 radical (unpaired) electrons. The van der Waals surface area contributed by atoms with Gasteiger partial charge in [0.1, 0.15) is 0 Å². The van der Waals surface area contributed by atoms with Gasteiger partial charge in [-0.05, 0) is 29.9 Å². The second-order valence-corrected chi connectivity index (χ2v) is 3.55. The Balaban J connectivity index is 2.05. The number of nitrogens with one attached hydrogen (secondary N) is 1. The maximum absolute atomic E-state index is 6.85. The first kappa shape index (κ1) is 10.9. The van der Waals surface area contributed by atoms with Crippen molar-refractivity contribution in [2.45, 2.75) is 0 Å². The molecule has 2 rings (SSSR count). The topological polar surface area (TPSA) is 28.8 Å². The second-order valence-electron chi connectivity index (χ2n) is 3.55. The molecule has 0 fully saturated rings. The number of rotatable bonds is 2. The zero-order valence-electron chi connectivity index (χ0n) is 9.22. The molecule has 0 heterocycles. The first-order valence-electron chi connectivity index (χ1n) is 5.14. The minimum absolute atomic E-state index is 0.622. The summed E-state index contributed by atoms with van der Waals surface area (Å²) in [6.07, 6.45) is 7.59. The number of anilines is 1. The molecule has 1 aromatic carbocycles. The van der Waals surface area contributed by atoms with Crippen LogP contribution in [0.1, 0.15) is 0 Å². The van der Waals surface area contributed by atoms with E-state index in [0.717, 1.165) is 17.0 Å². The summed E-state index contributed by atoms with van der Waals surface area (Å²) in [6, 6.07) is 7.16. The van der Waals surface area contributed by atoms with Gasteiger partial charge in [0.05, 0.1) is 18.0 Å². The lowest BCUT2D eigenvalue weighted by molar-refractivity contribution is 1.34. The van der Waals surface area contributed by atoms with Crippen molar-refractivity contribution in [1.29, 1.82) is 0 Å². The van der Waals surface area contributed by atoms with Gasteiger partial charge in [-0.25, -0.2) is 4.85 Å². The zero-order valence-corrected chi connectivity index (χ0v) is 9.22. The molecule has 3 nitrogen and oxygen atoms in total. The van der Waals surface area contributed by atoms with Crippen LogP contribution in [0.25, 0.3) is 4.85 Å². The molecule has 0 spiro atoms. The summed E-state index contributed by atoms with van der Waals surface area (Å²) in [6.45, 7) is 10.7. The summed E-state index contributed by atoms with van der Waals surface area (Å²) in [7, 11) is 0. The van der Waals surface area contributed by atoms with Gasteiger partial charge in [-0.15, -0.1) is 0 Å². The Hall–Kier alpha value is -2.60. The fourth-order valence-corrected chi connectivity index (χ4v) is 1.31. The van der Waals surface area contributed by atoms with Gasteiger partial charge < -0.3 is 0 Å². The molecule has 0 bridgehead atoms. The Morgan fingerprint density at radius 3 is 2.29 bits per heavy atom. The standard InChI is InChI=1S/C14H11N3/c1-11-3-5-13(6-4-11)16-17-14-9-7-12(15-2)8-10-14/h3-10,17H,1H2. The zero-order chi connectivity index (χ0) is 12.1. The van der Waals surface area contributed by atoms with Crippen molar-refractivity contribution >= 4 is 17.1 Å². The number of benzene rings is 1. The third kappa shape index (κ3) is 2.93. The highest BCUT2D eigenvalue weighted by atomic mass is 15.3. The first-order valence-corrected chi connectivity index (χ1v) is 5.14. The van der Waals surface area contributed by atoms with Gasteiger partial charge >= 0.3 is 0 Å². The molecule has 17 heavy (non-hydrogen) atoms. The number of allylic oxidation sites excluding steroid dienone is 5. The van der Waals surface area contributed by atoms with Crippen LogP contribution in [-0.2, 0) is 0 Å². The minimum Gasteiger partial charge on any atom is -0.278 e. The molecule has 0 aromatic heterocycles. The van der Waals surface area contributed by atoms with Crippen molar-refractivity contribution in [3.8, 4) is 0 Å². The first-order chi connectivity index (χ1) is 8.28. The monoisotopic (exact) mass is 221 g/mol. The van der Waals surface area contributed by atoms with Gasteiger partial charge in [0.15, 0.2) is 5.69 Å². The molecule has 0 saturated carbocycles. The van der Waals surface area contributed by atoms with Gasteiger partial charge in [0, 0.05) is 0 Å². The highest BCUT2D eigenvalue weighted by Gasteiger charge is 1.96. The van der Waals surface area contributed by atoms with Crippen LogP contribution >= 0.6 is 0 Å². The van der Waals surface area contributed by atoms with E-state index in [1.165, 1.54) is 0 Å². The van der Waals surface area contributed by atoms with Gasteiger partial charge in [-0.1, -0.05) is 30.9 Å². The van der Waals surface area contributed by atoms with E-state index >= 15 is 0 Å². The van der Waals surface area contributed by atoms with Crippen molar-refractivity contribution in [3.05, 3.63) is 72.1 Å². The summed E-state index contributed by atoms with van der Waals surface area (Å²) in [4.78, 5) is 3.32. The van der Waals surface area contributed by atoms with Crippen LogP contribution < -0.4 is 5.43 Å². The number of hydrogen-bond acceptors (Lipinski definition) is 2. The maximum Gasteiger partial charge on any atom is 0.187 e. The van der Waals surface area contributed by atoms with E-state index in [1.54, 1.807) is 12.1 Å². The molecule has 0 atom stereocenters. The molecule has 82 valence electrons. The summed E-state index contributed by atoms with van der Waals surface area (Å²) < 4.78 is 0. The Kier molecular flexibility index (Phi) is 3.18. The van der Waals surface area contributed by atoms with Gasteiger partial charge in [0.25, 0.3) is 0 Å². The summed E-state index contributed by atoms with van der Waals surface area (Å²) in [5, 5.41) is 4.22. The Morgan fingerprint density at radius 1 is 1.06 bits per heavy atom. The molecule has 0 amide bonds. The van der Waals surface area contributed by atoms with Crippen LogP contribution in [0.3, 0.4) is 0 Å². The normalized spacial score (nSPS) is 13.4. The lowest BCUT2D eigenvalue weighted by Crippen LogP contribution is -1.98. The van der Waals surface area contributed by atoms with Crippen LogP contribution in [0, 0.1) is 6.57 Å². The fraction of sp³-hybridized carbons (Fsp3) is 0. The minimum atomic E-state index is 0.622. The predicted molar refractivity (Wildman–Crippen MR) is 71.2 cm³/mol. The third-order valence-corrected chi connectivity index (χ3v) is 2.25. The largest absolute Gasteiger partial charge is 0.278 e. The van der Waals surface area contributed by atoms with E-state index in [-0.39, 0.29) is 0 Å². The highest BCUT2D eigenvalue weighted by Crippen LogP contribution is 2.16. The van der Waals surface area contributed by atoms with Crippen LogP contribution in [0.15, 0.2) is 65.8 Å². The molecule has 0 unspecified atom stereocenters. The Morgan fingerprint density at radius 2 is 1.71 bits per heavy atom. The molecular formula is C14H11N3. The lowest BCUT2D eigenvalue weighted by Gasteiger charge is -2.03. The van der Waals surface area contributed by atoms with Gasteiger partial charge in [-0.3, -0.25) is 5.43 Å². The molecule has 1 aliphatic rings. The van der Waals surface area contributed by atoms with E-state index in [4.69, 9.17) is 6.57 Å². The van der Waals surface area contributed by atoms with E-state index in [0.29, 0.717) is 5.69 Å². The number of hydrazone groups is 1. The molecular weight excluding hydrogens is 210 g/mol. The van der Waals surface area contributed by atoms with Gasteiger partial charge in [0.2, 0.25) is 0 Å². The molecule has 1 aromatic rings. The molecule has 1 aliphatic carbocycles. The summed E-state index contributed by atoms with van der Waals surface area (Å²) in [5.41, 5.74) is 6.22. The quantitative estimate of drug-likeness (QED) is 0.599. The number of nitrogens with zero attached hydrogens (tertiary/aromatic N) is 2. The SMILES string of the molecule is [C-]#[N+]c1ccc(NN=C2C=CC(=C)C=C2)cc1. The second kappa shape index (κ2) is 4.95. The van der Waals surface area contributed by atoms with Crippen molar-refractivity contribution < 1.29 is 0 Å². The highest BCUT2D eigenvalue weighted by molar-refractivity contribution is 6.06. The fourth-order valence-electron chi connectivity index (χ4n) is 1.31. The summed E-state index contributed by atoms with van der Waals surface area (Å²) >= 11 is 0. The third-order valence-electron chi connectivity index (χ3n) is 2.25. The van der Waals surface area contributed by atoms with E-state index in [9.17, 15) is 0 Å². The van der Waals surface area contributed by atoms with Crippen LogP contribution in [0.4, 0.5) is 11.4 Å². The Labute approximate surface area is 100 Å². The van der Waals surface area contributed by atoms with E-state index in [2.05, 4.69) is 22.0 Å². The van der Waals surface area contributed by atoms with Crippen LogP contribution in [0.2, 0.25) is 0 Å². The van der Waals surface area contributed by atoms with E-state index < -0.39 is 0 Å². The average molecular weight is 221 g/mol. The Bertz CT molecular complexity index is 536. The molecule has 0 saturated heterocycles. The van der Waals surface area contributed by atoms with Crippen LogP contribution in [-0.4, -0.2) is 5.71 Å². The van der Waals surface area contributed by atoms with E-state index in [1.807, 2.05) is 36.4 Å². The smallest absolute Gasteiger partial charge is 0.187 e. The van der Waals surface area contributed by atoms with Crippen molar-refractivity contribution in [3.63, 3.8) is 0 Å². The number of hydrogen-bond donors (Lipinski definition) is 1. The maximum atomic E-state index is 6.85. The van der Waals surface area contributed by atoms with Crippen molar-refractivity contribution in [2.75, 3.05) is 5.43 Å². The van der Waals surface area contributed by atoms with Crippen LogP contribution in [0.5, 0.6) is 0 Å². The molecule has 3 heteroatoms. The predicted octanol–water partition coefficient (Wildman–Crippen LogP) is 3.69. The average Bonchev–Trinajstić information content (AvgIpc) is 2.39. The molecule has 1 N–H and O–H groups in total. The summed E-state index contributed by atoms with van der Waals surface area (Å²) in [5.74, 6) is 0. The van der Waals surface area contributed by atoms with Crippen molar-refractivity contribution in [2.24, 2.45) is 5.10 Å². The molecule has 0 aliphatic heterocycles. The van der Waals surface area contributed by atoms with Gasteiger partial charge in [-0.2, -0.15) is 5.10 Å². The van der Waals surface area contributed by atoms with Crippen molar-refractivity contribution in [1.82, 2.24) is 0 Å². The lowest BCUT2D eigenvalue weighted by atomic mass is 10.1.